The molecule has 0 aromatic heterocycles. The molecule has 0 atom stereocenters. The molecule has 0 aliphatic carbocycles. The average Bonchev–Trinajstić information content (AvgIpc) is 2.09. The molecule has 0 heterocycles. The molecular weight excluding hydrogens is 169 g/mol. The molecule has 0 aliphatic rings. The molecule has 0 spiro atoms. The van der Waals surface area contributed by atoms with Crippen molar-refractivity contribution in [1.29, 1.82) is 0 Å². The average molecular weight is 192 g/mol. The van der Waals surface area contributed by atoms with E-state index >= 15 is 0 Å². The smallest absolute Gasteiger partial charge is 0.402 e. The van der Waals surface area contributed by atoms with E-state index in [-0.39, 0.29) is 0 Å². The van der Waals surface area contributed by atoms with E-state index in [1.807, 2.05) is 0 Å². The Kier molecular flexibility index (Phi) is 10.1. The highest BCUT2D eigenvalue weighted by molar-refractivity contribution is 6.30. The van der Waals surface area contributed by atoms with Crippen LogP contribution in [0, 0.1) is 0 Å². The Morgan fingerprint density at radius 2 is 0.923 bits per heavy atom. The lowest BCUT2D eigenvalue weighted by Crippen LogP contribution is -2.47. The Morgan fingerprint density at radius 1 is 0.769 bits per heavy atom. The highest BCUT2D eigenvalue weighted by Gasteiger charge is 2.16. The molecule has 0 amide bonds. The summed E-state index contributed by atoms with van der Waals surface area (Å²) < 4.78 is 1.28. The van der Waals surface area contributed by atoms with Crippen molar-refractivity contribution in [3.05, 3.63) is 0 Å². The van der Waals surface area contributed by atoms with Crippen molar-refractivity contribution in [1.82, 2.24) is 0 Å². The van der Waals surface area contributed by atoms with Gasteiger partial charge in [-0.05, 0) is 27.7 Å². The molecule has 0 saturated heterocycles. The summed E-state index contributed by atoms with van der Waals surface area (Å²) in [5.41, 5.74) is 0. The Labute approximate surface area is 81.6 Å². The largest absolute Gasteiger partial charge is 0.631 e. The lowest BCUT2D eigenvalue weighted by Gasteiger charge is -2.34. The van der Waals surface area contributed by atoms with Crippen LogP contribution >= 0.6 is 0 Å². The van der Waals surface area contributed by atoms with Gasteiger partial charge in [-0.15, -0.1) is 0 Å². The van der Waals surface area contributed by atoms with Gasteiger partial charge in [-0.25, -0.2) is 0 Å². The Morgan fingerprint density at radius 3 is 0.923 bits per heavy atom. The fraction of sp³-hybridized carbons (Fsp3) is 1.00. The van der Waals surface area contributed by atoms with Gasteiger partial charge in [0.2, 0.25) is 0 Å². The Balaban J connectivity index is 0. The fourth-order valence-electron chi connectivity index (χ4n) is 1.34. The fourth-order valence-corrected chi connectivity index (χ4v) is 1.34. The summed E-state index contributed by atoms with van der Waals surface area (Å²) in [6.45, 7) is 14.2. The molecule has 0 fully saturated rings. The third-order valence-corrected chi connectivity index (χ3v) is 2.68. The zero-order valence-corrected chi connectivity index (χ0v) is 9.19. The van der Waals surface area contributed by atoms with E-state index in [4.69, 9.17) is 15.1 Å². The van der Waals surface area contributed by atoms with E-state index in [2.05, 4.69) is 27.7 Å². The first-order chi connectivity index (χ1) is 5.97. The monoisotopic (exact) mass is 192 g/mol. The SMILES string of the molecule is CC[N+](CC)(CC)CC.OB(O)O. The van der Waals surface area contributed by atoms with Gasteiger partial charge in [0, 0.05) is 0 Å². The summed E-state index contributed by atoms with van der Waals surface area (Å²) in [4.78, 5) is 0. The normalized spacial score (nSPS) is 10.4. The standard InChI is InChI=1S/C8H20N.BH3O3/c1-5-9(6-2,7-3)8-4;2-1(3)4/h5-8H2,1-4H3;2-4H/q+1;. The topological polar surface area (TPSA) is 60.7 Å². The van der Waals surface area contributed by atoms with Crippen molar-refractivity contribution in [3.63, 3.8) is 0 Å². The summed E-state index contributed by atoms with van der Waals surface area (Å²) in [6, 6.07) is 0. The third kappa shape index (κ3) is 8.24. The second-order valence-electron chi connectivity index (χ2n) is 2.95. The van der Waals surface area contributed by atoms with Crippen LogP contribution < -0.4 is 0 Å². The van der Waals surface area contributed by atoms with Crippen LogP contribution in [0.1, 0.15) is 27.7 Å². The summed E-state index contributed by atoms with van der Waals surface area (Å²) in [5.74, 6) is 0. The van der Waals surface area contributed by atoms with E-state index in [1.165, 1.54) is 30.7 Å². The maximum atomic E-state index is 7.17. The van der Waals surface area contributed by atoms with Gasteiger partial charge in [-0.1, -0.05) is 0 Å². The summed E-state index contributed by atoms with van der Waals surface area (Å²) in [5, 5.41) is 21.5. The van der Waals surface area contributed by atoms with Crippen molar-refractivity contribution < 1.29 is 19.6 Å². The quantitative estimate of drug-likeness (QED) is 0.428. The van der Waals surface area contributed by atoms with E-state index in [9.17, 15) is 0 Å². The molecular formula is C8H23BNO3+. The van der Waals surface area contributed by atoms with Gasteiger partial charge in [0.25, 0.3) is 0 Å². The van der Waals surface area contributed by atoms with E-state index < -0.39 is 7.32 Å². The number of rotatable bonds is 4. The molecule has 80 valence electrons. The van der Waals surface area contributed by atoms with Crippen LogP contribution in [0.25, 0.3) is 0 Å². The molecule has 0 rings (SSSR count). The number of nitrogens with zero attached hydrogens (tertiary/aromatic N) is 1. The summed E-state index contributed by atoms with van der Waals surface area (Å²) >= 11 is 0. The van der Waals surface area contributed by atoms with E-state index in [1.54, 1.807) is 0 Å². The van der Waals surface area contributed by atoms with Gasteiger partial charge in [-0.2, -0.15) is 0 Å². The van der Waals surface area contributed by atoms with Crippen LogP contribution in [-0.4, -0.2) is 53.1 Å². The predicted octanol–water partition coefficient (Wildman–Crippen LogP) is -0.169. The Hall–Kier alpha value is -0.0951. The van der Waals surface area contributed by atoms with Crippen LogP contribution in [-0.2, 0) is 0 Å². The van der Waals surface area contributed by atoms with Gasteiger partial charge >= 0.3 is 7.32 Å². The van der Waals surface area contributed by atoms with Gasteiger partial charge in [0.15, 0.2) is 0 Å². The molecule has 5 heteroatoms. The molecule has 0 bridgehead atoms. The molecule has 3 N–H and O–H groups in total. The van der Waals surface area contributed by atoms with Crippen LogP contribution in [0.5, 0.6) is 0 Å². The van der Waals surface area contributed by atoms with Crippen LogP contribution in [0.2, 0.25) is 0 Å². The first kappa shape index (κ1) is 15.4. The lowest BCUT2D eigenvalue weighted by molar-refractivity contribution is -0.921. The van der Waals surface area contributed by atoms with Crippen molar-refractivity contribution in [2.75, 3.05) is 26.2 Å². The molecule has 0 aliphatic heterocycles. The Bertz CT molecular complexity index is 87.3. The minimum Gasteiger partial charge on any atom is -0.402 e. The van der Waals surface area contributed by atoms with Crippen LogP contribution in [0.4, 0.5) is 0 Å². The van der Waals surface area contributed by atoms with Gasteiger partial charge in [0.05, 0.1) is 26.2 Å². The molecule has 0 unspecified atom stereocenters. The molecule has 0 saturated carbocycles. The molecule has 0 aromatic carbocycles. The second-order valence-corrected chi connectivity index (χ2v) is 2.95. The number of hydrogen-bond acceptors (Lipinski definition) is 3. The van der Waals surface area contributed by atoms with Crippen LogP contribution in [0.15, 0.2) is 0 Å². The number of quaternary nitrogens is 1. The van der Waals surface area contributed by atoms with Gasteiger partial charge < -0.3 is 19.6 Å². The van der Waals surface area contributed by atoms with Crippen molar-refractivity contribution in [3.8, 4) is 0 Å². The van der Waals surface area contributed by atoms with E-state index in [0.29, 0.717) is 0 Å². The molecule has 4 nitrogen and oxygen atoms in total. The first-order valence-electron chi connectivity index (χ1n) is 4.87. The number of hydrogen-bond donors (Lipinski definition) is 3. The third-order valence-electron chi connectivity index (χ3n) is 2.68. The second kappa shape index (κ2) is 8.50. The predicted molar refractivity (Wildman–Crippen MR) is 54.8 cm³/mol. The summed E-state index contributed by atoms with van der Waals surface area (Å²) in [6.07, 6.45) is 0. The maximum absolute atomic E-state index is 7.17. The van der Waals surface area contributed by atoms with Crippen molar-refractivity contribution in [2.45, 2.75) is 27.7 Å². The van der Waals surface area contributed by atoms with Crippen molar-refractivity contribution in [2.24, 2.45) is 0 Å². The molecule has 0 aromatic rings. The zero-order valence-electron chi connectivity index (χ0n) is 9.19. The lowest BCUT2D eigenvalue weighted by atomic mass is 10.3. The molecule has 0 radical (unpaired) electrons. The van der Waals surface area contributed by atoms with E-state index in [0.717, 1.165) is 0 Å². The molecule has 13 heavy (non-hydrogen) atoms. The highest BCUT2D eigenvalue weighted by Crippen LogP contribution is 2.03. The van der Waals surface area contributed by atoms with Crippen molar-refractivity contribution >= 4 is 7.32 Å². The summed E-state index contributed by atoms with van der Waals surface area (Å²) in [7, 11) is -2.17. The maximum Gasteiger partial charge on any atom is 0.631 e. The zero-order chi connectivity index (χ0) is 10.9. The van der Waals surface area contributed by atoms with Gasteiger partial charge in [0.1, 0.15) is 0 Å². The van der Waals surface area contributed by atoms with Gasteiger partial charge in [-0.3, -0.25) is 0 Å². The highest BCUT2D eigenvalue weighted by atomic mass is 16.5. The first-order valence-corrected chi connectivity index (χ1v) is 4.87. The minimum absolute atomic E-state index is 1.28. The minimum atomic E-state index is -2.17. The van der Waals surface area contributed by atoms with Crippen LogP contribution in [0.3, 0.4) is 0 Å².